The molecule has 2 aromatic rings. The predicted molar refractivity (Wildman–Crippen MR) is 88.4 cm³/mol. The van der Waals surface area contributed by atoms with Crippen LogP contribution in [0.2, 0.25) is 0 Å². The van der Waals surface area contributed by atoms with E-state index in [0.717, 1.165) is 23.0 Å². The number of nitrogens with two attached hydrogens (primary N) is 1. The van der Waals surface area contributed by atoms with Crippen molar-refractivity contribution in [3.05, 3.63) is 46.2 Å². The average molecular weight is 350 g/mol. The molecule has 1 aromatic carbocycles. The molecular weight excluding hydrogens is 330 g/mol. The Balaban J connectivity index is 2.11. The summed E-state index contributed by atoms with van der Waals surface area (Å²) >= 11 is 3.34. The normalized spacial score (nSPS) is 11.0. The highest BCUT2D eigenvalue weighted by Crippen LogP contribution is 2.21. The van der Waals surface area contributed by atoms with Crippen LogP contribution in [0, 0.1) is 0 Å². The van der Waals surface area contributed by atoms with Crippen LogP contribution in [-0.2, 0) is 6.42 Å². The van der Waals surface area contributed by atoms with E-state index in [1.54, 1.807) is 18.2 Å². The van der Waals surface area contributed by atoms with Gasteiger partial charge in [-0.2, -0.15) is 5.10 Å². The van der Waals surface area contributed by atoms with Gasteiger partial charge in [0.15, 0.2) is 5.78 Å². The lowest BCUT2D eigenvalue weighted by molar-refractivity contribution is 0.0991. The van der Waals surface area contributed by atoms with Gasteiger partial charge in [-0.1, -0.05) is 13.8 Å². The van der Waals surface area contributed by atoms with Gasteiger partial charge in [0, 0.05) is 21.9 Å². The second kappa shape index (κ2) is 6.89. The van der Waals surface area contributed by atoms with Crippen LogP contribution in [0.3, 0.4) is 0 Å². The molecule has 0 saturated heterocycles. The Hall–Kier alpha value is -1.62. The number of hydrogen-bond acceptors (Lipinski definition) is 3. The summed E-state index contributed by atoms with van der Waals surface area (Å²) in [5.74, 6) is 0.0468. The lowest BCUT2D eigenvalue weighted by atomic mass is 10.1. The monoisotopic (exact) mass is 349 g/mol. The minimum absolute atomic E-state index is 0.0468. The summed E-state index contributed by atoms with van der Waals surface area (Å²) in [4.78, 5) is 12.3. The molecule has 0 saturated carbocycles. The molecular formula is C16H20BrN3O. The second-order valence-electron chi connectivity index (χ2n) is 5.09. The first kappa shape index (κ1) is 15.8. The number of benzene rings is 1. The molecule has 2 N–H and O–H groups in total. The van der Waals surface area contributed by atoms with E-state index in [0.29, 0.717) is 23.7 Å². The van der Waals surface area contributed by atoms with E-state index >= 15 is 0 Å². The fraction of sp³-hybridized carbons (Fsp3) is 0.375. The van der Waals surface area contributed by atoms with Crippen molar-refractivity contribution < 1.29 is 4.79 Å². The third-order valence-electron chi connectivity index (χ3n) is 3.64. The number of hydrogen-bond donors (Lipinski definition) is 1. The highest BCUT2D eigenvalue weighted by Gasteiger charge is 2.13. The van der Waals surface area contributed by atoms with Crippen molar-refractivity contribution >= 4 is 27.4 Å². The van der Waals surface area contributed by atoms with Crippen LogP contribution in [-0.4, -0.2) is 15.6 Å². The first-order chi connectivity index (χ1) is 10.0. The molecule has 0 atom stereocenters. The van der Waals surface area contributed by atoms with Gasteiger partial charge >= 0.3 is 0 Å². The minimum Gasteiger partial charge on any atom is -0.398 e. The third-order valence-corrected chi connectivity index (χ3v) is 4.33. The Morgan fingerprint density at radius 1 is 1.33 bits per heavy atom. The average Bonchev–Trinajstić information content (AvgIpc) is 2.91. The topological polar surface area (TPSA) is 60.9 Å². The molecule has 4 nitrogen and oxygen atoms in total. The molecule has 0 radical (unpaired) electrons. The van der Waals surface area contributed by atoms with Crippen molar-refractivity contribution in [3.8, 4) is 0 Å². The smallest absolute Gasteiger partial charge is 0.168 e. The van der Waals surface area contributed by atoms with E-state index < -0.39 is 0 Å². The Morgan fingerprint density at radius 2 is 2.05 bits per heavy atom. The minimum atomic E-state index is 0.0468. The van der Waals surface area contributed by atoms with Crippen LogP contribution >= 0.6 is 15.9 Å². The molecule has 0 amide bonds. The third kappa shape index (κ3) is 3.73. The Morgan fingerprint density at radius 3 is 2.67 bits per heavy atom. The van der Waals surface area contributed by atoms with Crippen LogP contribution in [0.4, 0.5) is 5.69 Å². The summed E-state index contributed by atoms with van der Waals surface area (Å²) in [5, 5.41) is 4.52. The maximum absolute atomic E-state index is 12.3. The van der Waals surface area contributed by atoms with Crippen LogP contribution in [0.5, 0.6) is 0 Å². The van der Waals surface area contributed by atoms with Gasteiger partial charge in [0.2, 0.25) is 0 Å². The lowest BCUT2D eigenvalue weighted by Gasteiger charge is -2.12. The Kier molecular flexibility index (Phi) is 5.17. The van der Waals surface area contributed by atoms with Crippen molar-refractivity contribution in [1.82, 2.24) is 9.78 Å². The molecule has 112 valence electrons. The molecule has 21 heavy (non-hydrogen) atoms. The zero-order valence-electron chi connectivity index (χ0n) is 12.3. The standard InChI is InChI=1S/C16H20BrN3O/c1-3-13(4-2)20-8-7-12(19-20)10-16(21)11-5-6-15(18)14(17)9-11/h5-9,13H,3-4,10,18H2,1-2H3. The van der Waals surface area contributed by atoms with Gasteiger partial charge in [-0.15, -0.1) is 0 Å². The number of anilines is 1. The molecule has 1 heterocycles. The van der Waals surface area contributed by atoms with Gasteiger partial charge in [0.1, 0.15) is 0 Å². The molecule has 5 heteroatoms. The van der Waals surface area contributed by atoms with E-state index in [2.05, 4.69) is 34.9 Å². The van der Waals surface area contributed by atoms with Crippen molar-refractivity contribution in [2.75, 3.05) is 5.73 Å². The predicted octanol–water partition coefficient (Wildman–Crippen LogP) is 4.01. The molecule has 0 fully saturated rings. The first-order valence-electron chi connectivity index (χ1n) is 7.17. The van der Waals surface area contributed by atoms with E-state index in [9.17, 15) is 4.79 Å². The number of nitrogen functional groups attached to an aromatic ring is 1. The summed E-state index contributed by atoms with van der Waals surface area (Å²) in [6.07, 6.45) is 4.34. The molecule has 0 aliphatic heterocycles. The molecule has 0 spiro atoms. The van der Waals surface area contributed by atoms with Crippen LogP contribution in [0.15, 0.2) is 34.9 Å². The number of Topliss-reactive ketones (excluding diaryl/α,β-unsaturated/α-hetero) is 1. The maximum Gasteiger partial charge on any atom is 0.168 e. The second-order valence-corrected chi connectivity index (χ2v) is 5.95. The molecule has 0 bridgehead atoms. The number of carbonyl (C=O) groups excluding carboxylic acids is 1. The number of aromatic nitrogens is 2. The number of rotatable bonds is 6. The number of carbonyl (C=O) groups is 1. The van der Waals surface area contributed by atoms with Gasteiger partial charge in [-0.05, 0) is 53.0 Å². The zero-order chi connectivity index (χ0) is 15.4. The van der Waals surface area contributed by atoms with Crippen LogP contribution in [0.25, 0.3) is 0 Å². The summed E-state index contributed by atoms with van der Waals surface area (Å²) in [6.45, 7) is 4.29. The number of nitrogens with zero attached hydrogens (tertiary/aromatic N) is 2. The van der Waals surface area contributed by atoms with Crippen molar-refractivity contribution in [1.29, 1.82) is 0 Å². The van der Waals surface area contributed by atoms with Gasteiger partial charge in [0.05, 0.1) is 18.2 Å². The highest BCUT2D eigenvalue weighted by molar-refractivity contribution is 9.10. The highest BCUT2D eigenvalue weighted by atomic mass is 79.9. The molecule has 0 aliphatic carbocycles. The Labute approximate surface area is 133 Å². The van der Waals surface area contributed by atoms with Gasteiger partial charge < -0.3 is 5.73 Å². The lowest BCUT2D eigenvalue weighted by Crippen LogP contribution is -2.09. The fourth-order valence-electron chi connectivity index (χ4n) is 2.30. The number of halogens is 1. The summed E-state index contributed by atoms with van der Waals surface area (Å²) in [7, 11) is 0. The summed E-state index contributed by atoms with van der Waals surface area (Å²) in [5.41, 5.74) is 7.82. The van der Waals surface area contributed by atoms with E-state index in [1.807, 2.05) is 16.9 Å². The maximum atomic E-state index is 12.3. The summed E-state index contributed by atoms with van der Waals surface area (Å²) < 4.78 is 2.71. The van der Waals surface area contributed by atoms with Crippen LogP contribution in [0.1, 0.15) is 48.8 Å². The quantitative estimate of drug-likeness (QED) is 0.632. The number of ketones is 1. The molecule has 0 unspecified atom stereocenters. The van der Waals surface area contributed by atoms with E-state index in [-0.39, 0.29) is 5.78 Å². The van der Waals surface area contributed by atoms with Crippen molar-refractivity contribution in [2.24, 2.45) is 0 Å². The van der Waals surface area contributed by atoms with Crippen molar-refractivity contribution in [3.63, 3.8) is 0 Å². The molecule has 2 rings (SSSR count). The van der Waals surface area contributed by atoms with Gasteiger partial charge in [-0.3, -0.25) is 9.48 Å². The largest absolute Gasteiger partial charge is 0.398 e. The van der Waals surface area contributed by atoms with E-state index in [1.165, 1.54) is 0 Å². The Bertz CT molecular complexity index is 632. The first-order valence-corrected chi connectivity index (χ1v) is 7.96. The fourth-order valence-corrected chi connectivity index (χ4v) is 2.68. The SMILES string of the molecule is CCC(CC)n1ccc(CC(=O)c2ccc(N)c(Br)c2)n1. The van der Waals surface area contributed by atoms with Crippen LogP contribution < -0.4 is 5.73 Å². The van der Waals surface area contributed by atoms with Gasteiger partial charge in [0.25, 0.3) is 0 Å². The molecule has 0 aliphatic rings. The van der Waals surface area contributed by atoms with E-state index in [4.69, 9.17) is 5.73 Å². The van der Waals surface area contributed by atoms with Gasteiger partial charge in [-0.25, -0.2) is 0 Å². The molecule has 1 aromatic heterocycles. The van der Waals surface area contributed by atoms with Crippen molar-refractivity contribution in [2.45, 2.75) is 39.2 Å². The summed E-state index contributed by atoms with van der Waals surface area (Å²) in [6, 6.07) is 7.57. The zero-order valence-corrected chi connectivity index (χ0v) is 13.9.